The number of nitrogens with one attached hydrogen (secondary N) is 1. The van der Waals surface area contributed by atoms with Gasteiger partial charge in [0.1, 0.15) is 11.5 Å². The maximum Gasteiger partial charge on any atom is 0.573 e. The minimum absolute atomic E-state index is 0.0879. The quantitative estimate of drug-likeness (QED) is 0.718. The van der Waals surface area contributed by atoms with Gasteiger partial charge in [0.05, 0.1) is 6.26 Å². The Labute approximate surface area is 171 Å². The summed E-state index contributed by atoms with van der Waals surface area (Å²) in [6, 6.07) is 8.27. The molecule has 1 aliphatic heterocycles. The molecule has 160 valence electrons. The van der Waals surface area contributed by atoms with E-state index in [1.807, 2.05) is 0 Å². The number of amides is 2. The first kappa shape index (κ1) is 21.5. The topological polar surface area (TPSA) is 71.8 Å². The summed E-state index contributed by atoms with van der Waals surface area (Å²) in [6.07, 6.45) is 1.37. The molecule has 3 rings (SSSR count). The second-order valence-corrected chi connectivity index (χ2v) is 6.90. The van der Waals surface area contributed by atoms with Crippen molar-refractivity contribution in [1.29, 1.82) is 0 Å². The summed E-state index contributed by atoms with van der Waals surface area (Å²) in [6.45, 7) is 1.61. The Morgan fingerprint density at radius 1 is 1.17 bits per heavy atom. The van der Waals surface area contributed by atoms with Crippen LogP contribution in [0.4, 0.5) is 13.2 Å². The van der Waals surface area contributed by atoms with Crippen LogP contribution in [-0.4, -0.2) is 42.7 Å². The molecule has 2 heterocycles. The van der Waals surface area contributed by atoms with E-state index in [1.165, 1.54) is 24.5 Å². The zero-order chi connectivity index (χ0) is 21.6. The number of nitrogens with zero attached hydrogens (tertiary/aromatic N) is 1. The standard InChI is InChI=1S/C21H21F3N2O4/c22-21(23,24)30-18-5-3-16(4-6-18)20(28)25-14-15-9-11-26(12-10-15)19(27)8-7-17-2-1-13-29-17/h1-8,13,15H,9-12,14H2,(H,25,28)/b8-7+. The Hall–Kier alpha value is -3.23. The number of alkyl halides is 3. The Balaban J connectivity index is 1.41. The molecule has 0 radical (unpaired) electrons. The molecule has 1 aromatic heterocycles. The summed E-state index contributed by atoms with van der Waals surface area (Å²) in [7, 11) is 0. The molecule has 0 aliphatic carbocycles. The molecule has 1 N–H and O–H groups in total. The van der Waals surface area contributed by atoms with Crippen LogP contribution in [0.5, 0.6) is 5.75 Å². The highest BCUT2D eigenvalue weighted by Crippen LogP contribution is 2.23. The summed E-state index contributed by atoms with van der Waals surface area (Å²) >= 11 is 0. The van der Waals surface area contributed by atoms with Crippen molar-refractivity contribution in [2.45, 2.75) is 19.2 Å². The zero-order valence-electron chi connectivity index (χ0n) is 16.0. The number of likely N-dealkylation sites (tertiary alicyclic amines) is 1. The van der Waals surface area contributed by atoms with Gasteiger partial charge >= 0.3 is 6.36 Å². The van der Waals surface area contributed by atoms with E-state index in [-0.39, 0.29) is 29.0 Å². The molecule has 0 atom stereocenters. The number of piperidine rings is 1. The maximum atomic E-state index is 12.2. The SMILES string of the molecule is O=C(NCC1CCN(C(=O)/C=C/c2ccco2)CC1)c1ccc(OC(F)(F)F)cc1. The molecule has 2 amide bonds. The van der Waals surface area contributed by atoms with Gasteiger partial charge in [-0.05, 0) is 61.2 Å². The number of ether oxygens (including phenoxy) is 1. The minimum atomic E-state index is -4.77. The van der Waals surface area contributed by atoms with Gasteiger partial charge in [0.2, 0.25) is 5.91 Å². The first-order valence-corrected chi connectivity index (χ1v) is 9.45. The van der Waals surface area contributed by atoms with E-state index < -0.39 is 6.36 Å². The van der Waals surface area contributed by atoms with Crippen LogP contribution in [-0.2, 0) is 4.79 Å². The highest BCUT2D eigenvalue weighted by Gasteiger charge is 2.31. The third-order valence-corrected chi connectivity index (χ3v) is 4.76. The number of carbonyl (C=O) groups is 2. The zero-order valence-corrected chi connectivity index (χ0v) is 16.0. The van der Waals surface area contributed by atoms with Gasteiger partial charge in [0.15, 0.2) is 0 Å². The van der Waals surface area contributed by atoms with Crippen LogP contribution in [0.1, 0.15) is 29.0 Å². The number of furan rings is 1. The van der Waals surface area contributed by atoms with E-state index in [2.05, 4.69) is 10.1 Å². The number of hydrogen-bond acceptors (Lipinski definition) is 4. The van der Waals surface area contributed by atoms with Crippen molar-refractivity contribution in [3.63, 3.8) is 0 Å². The van der Waals surface area contributed by atoms with E-state index in [9.17, 15) is 22.8 Å². The third kappa shape index (κ3) is 6.40. The van der Waals surface area contributed by atoms with Crippen molar-refractivity contribution in [3.8, 4) is 5.75 Å². The first-order valence-electron chi connectivity index (χ1n) is 9.45. The molecule has 6 nitrogen and oxygen atoms in total. The molecule has 0 bridgehead atoms. The summed E-state index contributed by atoms with van der Waals surface area (Å²) in [5.41, 5.74) is 0.250. The van der Waals surface area contributed by atoms with Gasteiger partial charge in [-0.2, -0.15) is 0 Å². The Morgan fingerprint density at radius 3 is 2.47 bits per heavy atom. The number of halogens is 3. The normalized spacial score (nSPS) is 15.4. The summed E-state index contributed by atoms with van der Waals surface area (Å²) in [4.78, 5) is 26.2. The van der Waals surface area contributed by atoms with E-state index in [0.29, 0.717) is 25.4 Å². The van der Waals surface area contributed by atoms with Crippen LogP contribution in [0, 0.1) is 5.92 Å². The smallest absolute Gasteiger partial charge is 0.465 e. The van der Waals surface area contributed by atoms with E-state index >= 15 is 0 Å². The van der Waals surface area contributed by atoms with Crippen LogP contribution in [0.2, 0.25) is 0 Å². The van der Waals surface area contributed by atoms with Gasteiger partial charge < -0.3 is 19.4 Å². The molecule has 0 spiro atoms. The van der Waals surface area contributed by atoms with Crippen LogP contribution in [0.15, 0.2) is 53.2 Å². The van der Waals surface area contributed by atoms with Gasteiger partial charge in [-0.25, -0.2) is 0 Å². The average Bonchev–Trinajstić information content (AvgIpc) is 3.23. The summed E-state index contributed by atoms with van der Waals surface area (Å²) in [5.74, 6) is -0.000443. The predicted octanol–water partition coefficient (Wildman–Crippen LogP) is 3.86. The molecule has 9 heteroatoms. The predicted molar refractivity (Wildman–Crippen MR) is 103 cm³/mol. The lowest BCUT2D eigenvalue weighted by Gasteiger charge is -2.31. The summed E-state index contributed by atoms with van der Waals surface area (Å²) in [5, 5.41) is 2.79. The molecule has 0 unspecified atom stereocenters. The van der Waals surface area contributed by atoms with Crippen LogP contribution in [0.3, 0.4) is 0 Å². The van der Waals surface area contributed by atoms with Gasteiger partial charge in [0, 0.05) is 31.3 Å². The Kier molecular flexibility index (Phi) is 6.81. The van der Waals surface area contributed by atoms with Crippen molar-refractivity contribution >= 4 is 17.9 Å². The second-order valence-electron chi connectivity index (χ2n) is 6.90. The van der Waals surface area contributed by atoms with Gasteiger partial charge in [-0.3, -0.25) is 9.59 Å². The second kappa shape index (κ2) is 9.51. The highest BCUT2D eigenvalue weighted by atomic mass is 19.4. The Morgan fingerprint density at radius 2 is 1.87 bits per heavy atom. The minimum Gasteiger partial charge on any atom is -0.465 e. The lowest BCUT2D eigenvalue weighted by molar-refractivity contribution is -0.274. The largest absolute Gasteiger partial charge is 0.573 e. The fraction of sp³-hybridized carbons (Fsp3) is 0.333. The summed E-state index contributed by atoms with van der Waals surface area (Å²) < 4.78 is 45.5. The van der Waals surface area contributed by atoms with E-state index in [0.717, 1.165) is 25.0 Å². The maximum absolute atomic E-state index is 12.2. The van der Waals surface area contributed by atoms with Gasteiger partial charge in [-0.15, -0.1) is 13.2 Å². The molecule has 1 aliphatic rings. The highest BCUT2D eigenvalue weighted by molar-refractivity contribution is 5.94. The molecular formula is C21H21F3N2O4. The van der Waals surface area contributed by atoms with Crippen molar-refractivity contribution in [2.24, 2.45) is 5.92 Å². The van der Waals surface area contributed by atoms with E-state index in [1.54, 1.807) is 23.1 Å². The van der Waals surface area contributed by atoms with Crippen molar-refractivity contribution in [1.82, 2.24) is 10.2 Å². The third-order valence-electron chi connectivity index (χ3n) is 4.76. The fourth-order valence-electron chi connectivity index (χ4n) is 3.15. The molecular weight excluding hydrogens is 401 g/mol. The molecule has 1 aromatic carbocycles. The molecule has 0 saturated carbocycles. The van der Waals surface area contributed by atoms with Gasteiger partial charge in [0.25, 0.3) is 5.91 Å². The fourth-order valence-corrected chi connectivity index (χ4v) is 3.15. The van der Waals surface area contributed by atoms with Crippen LogP contribution in [0.25, 0.3) is 6.08 Å². The number of carbonyl (C=O) groups excluding carboxylic acids is 2. The van der Waals surface area contributed by atoms with Crippen molar-refractivity contribution < 1.29 is 31.9 Å². The van der Waals surface area contributed by atoms with Crippen molar-refractivity contribution in [3.05, 3.63) is 60.1 Å². The monoisotopic (exact) mass is 422 g/mol. The average molecular weight is 422 g/mol. The first-order chi connectivity index (χ1) is 14.3. The van der Waals surface area contributed by atoms with Crippen LogP contribution >= 0.6 is 0 Å². The molecule has 2 aromatic rings. The Bertz CT molecular complexity index is 869. The van der Waals surface area contributed by atoms with Crippen molar-refractivity contribution in [2.75, 3.05) is 19.6 Å². The number of benzene rings is 1. The van der Waals surface area contributed by atoms with Crippen LogP contribution < -0.4 is 10.1 Å². The lowest BCUT2D eigenvalue weighted by atomic mass is 9.96. The molecule has 1 saturated heterocycles. The number of hydrogen-bond donors (Lipinski definition) is 1. The van der Waals surface area contributed by atoms with Gasteiger partial charge in [-0.1, -0.05) is 0 Å². The molecule has 1 fully saturated rings. The van der Waals surface area contributed by atoms with E-state index in [4.69, 9.17) is 4.42 Å². The lowest BCUT2D eigenvalue weighted by Crippen LogP contribution is -2.40. The number of rotatable bonds is 6. The molecule has 30 heavy (non-hydrogen) atoms.